The third kappa shape index (κ3) is 3.13. The maximum Gasteiger partial charge on any atom is 0.319 e. The highest BCUT2D eigenvalue weighted by Crippen LogP contribution is 2.21. The molecule has 0 saturated carbocycles. The molecule has 1 aliphatic heterocycles. The molecule has 3 rings (SSSR count). The first-order valence-electron chi connectivity index (χ1n) is 6.86. The molecule has 4 nitrogen and oxygen atoms in total. The number of hydrogen-bond donors (Lipinski definition) is 3. The van der Waals surface area contributed by atoms with Crippen LogP contribution < -0.4 is 16.0 Å². The third-order valence-corrected chi connectivity index (χ3v) is 3.48. The fraction of sp³-hybridized carbons (Fsp3) is 0.188. The van der Waals surface area contributed by atoms with E-state index in [-0.39, 0.29) is 11.7 Å². The van der Waals surface area contributed by atoms with Gasteiger partial charge in [0, 0.05) is 12.2 Å². The van der Waals surface area contributed by atoms with Crippen LogP contribution in [0.15, 0.2) is 48.5 Å². The lowest BCUT2D eigenvalue weighted by atomic mass is 10.00. The van der Waals surface area contributed by atoms with Crippen LogP contribution in [0, 0.1) is 5.82 Å². The molecule has 5 heteroatoms. The van der Waals surface area contributed by atoms with Crippen LogP contribution in [0.1, 0.15) is 5.56 Å². The molecule has 1 unspecified atom stereocenters. The zero-order chi connectivity index (χ0) is 14.7. The van der Waals surface area contributed by atoms with Crippen LogP contribution in [0.5, 0.6) is 0 Å². The summed E-state index contributed by atoms with van der Waals surface area (Å²) in [6.45, 7) is 0.654. The maximum atomic E-state index is 13.5. The average Bonchev–Trinajstić information content (AvgIpc) is 2.49. The Balaban J connectivity index is 1.60. The third-order valence-electron chi connectivity index (χ3n) is 3.48. The second kappa shape index (κ2) is 5.83. The second-order valence-corrected chi connectivity index (χ2v) is 5.02. The summed E-state index contributed by atoms with van der Waals surface area (Å²) >= 11 is 0. The molecule has 1 atom stereocenters. The van der Waals surface area contributed by atoms with Crippen molar-refractivity contribution >= 4 is 17.4 Å². The second-order valence-electron chi connectivity index (χ2n) is 5.02. The number of rotatable bonds is 2. The van der Waals surface area contributed by atoms with E-state index in [1.165, 1.54) is 17.7 Å². The minimum atomic E-state index is -0.445. The van der Waals surface area contributed by atoms with Crippen molar-refractivity contribution in [2.75, 3.05) is 17.2 Å². The van der Waals surface area contributed by atoms with Gasteiger partial charge in [-0.3, -0.25) is 0 Å². The van der Waals surface area contributed by atoms with Crippen molar-refractivity contribution in [3.05, 3.63) is 59.9 Å². The van der Waals surface area contributed by atoms with Gasteiger partial charge in [0.1, 0.15) is 5.82 Å². The van der Waals surface area contributed by atoms with E-state index in [1.54, 1.807) is 12.1 Å². The minimum absolute atomic E-state index is 0.0216. The molecule has 0 bridgehead atoms. The van der Waals surface area contributed by atoms with Crippen LogP contribution in [-0.4, -0.2) is 18.6 Å². The van der Waals surface area contributed by atoms with E-state index in [0.29, 0.717) is 6.54 Å². The molecule has 0 aliphatic carbocycles. The van der Waals surface area contributed by atoms with Crippen LogP contribution >= 0.6 is 0 Å². The lowest BCUT2D eigenvalue weighted by Gasteiger charge is -2.27. The van der Waals surface area contributed by atoms with E-state index in [4.69, 9.17) is 0 Å². The number of amides is 2. The Morgan fingerprint density at radius 1 is 1.14 bits per heavy atom. The summed E-state index contributed by atoms with van der Waals surface area (Å²) in [5.41, 5.74) is 2.45. The number of para-hydroxylation sites is 2. The maximum absolute atomic E-state index is 13.5. The fourth-order valence-corrected chi connectivity index (χ4v) is 2.45. The molecule has 0 spiro atoms. The Bertz CT molecular complexity index is 659. The highest BCUT2D eigenvalue weighted by molar-refractivity contribution is 5.89. The number of anilines is 2. The molecule has 2 aromatic rings. The predicted octanol–water partition coefficient (Wildman–Crippen LogP) is 2.98. The SMILES string of the molecule is O=C(Nc1ccccc1F)NC1CNc2ccccc2C1. The molecule has 0 fully saturated rings. The molecular weight excluding hydrogens is 269 g/mol. The summed E-state index contributed by atoms with van der Waals surface area (Å²) in [4.78, 5) is 11.9. The number of carbonyl (C=O) groups excluding carboxylic acids is 1. The summed E-state index contributed by atoms with van der Waals surface area (Å²) in [5, 5.41) is 8.66. The summed E-state index contributed by atoms with van der Waals surface area (Å²) in [6, 6.07) is 13.7. The first kappa shape index (κ1) is 13.4. The largest absolute Gasteiger partial charge is 0.383 e. The Morgan fingerprint density at radius 2 is 1.90 bits per heavy atom. The van der Waals surface area contributed by atoms with Crippen LogP contribution in [0.4, 0.5) is 20.6 Å². The number of halogens is 1. The molecule has 2 aromatic carbocycles. The first-order valence-corrected chi connectivity index (χ1v) is 6.86. The zero-order valence-corrected chi connectivity index (χ0v) is 11.4. The molecule has 0 aromatic heterocycles. The monoisotopic (exact) mass is 285 g/mol. The van der Waals surface area contributed by atoms with Crippen molar-refractivity contribution in [3.63, 3.8) is 0 Å². The first-order chi connectivity index (χ1) is 10.2. The van der Waals surface area contributed by atoms with Crippen LogP contribution in [0.2, 0.25) is 0 Å². The van der Waals surface area contributed by atoms with Gasteiger partial charge in [-0.1, -0.05) is 30.3 Å². The molecule has 1 heterocycles. The van der Waals surface area contributed by atoms with E-state index in [9.17, 15) is 9.18 Å². The van der Waals surface area contributed by atoms with Crippen LogP contribution in [0.25, 0.3) is 0 Å². The van der Waals surface area contributed by atoms with E-state index >= 15 is 0 Å². The van der Waals surface area contributed by atoms with Gasteiger partial charge >= 0.3 is 6.03 Å². The molecule has 2 amide bonds. The van der Waals surface area contributed by atoms with Gasteiger partial charge in [-0.25, -0.2) is 9.18 Å². The Morgan fingerprint density at radius 3 is 2.76 bits per heavy atom. The number of hydrogen-bond acceptors (Lipinski definition) is 2. The smallest absolute Gasteiger partial charge is 0.319 e. The molecule has 3 N–H and O–H groups in total. The van der Waals surface area contributed by atoms with Gasteiger partial charge in [-0.05, 0) is 30.2 Å². The van der Waals surface area contributed by atoms with Crippen molar-refractivity contribution in [1.29, 1.82) is 0 Å². The highest BCUT2D eigenvalue weighted by atomic mass is 19.1. The summed E-state index contributed by atoms with van der Waals surface area (Å²) in [5.74, 6) is -0.445. The number of urea groups is 1. The molecular formula is C16H16FN3O. The molecule has 0 radical (unpaired) electrons. The van der Waals surface area contributed by atoms with Crippen molar-refractivity contribution in [1.82, 2.24) is 5.32 Å². The van der Waals surface area contributed by atoms with E-state index in [0.717, 1.165) is 12.1 Å². The van der Waals surface area contributed by atoms with Gasteiger partial charge in [-0.2, -0.15) is 0 Å². The van der Waals surface area contributed by atoms with Gasteiger partial charge in [0.25, 0.3) is 0 Å². The van der Waals surface area contributed by atoms with Gasteiger partial charge in [-0.15, -0.1) is 0 Å². The number of benzene rings is 2. The van der Waals surface area contributed by atoms with E-state index in [2.05, 4.69) is 16.0 Å². The van der Waals surface area contributed by atoms with Gasteiger partial charge < -0.3 is 16.0 Å². The number of carbonyl (C=O) groups is 1. The van der Waals surface area contributed by atoms with E-state index in [1.807, 2.05) is 24.3 Å². The fourth-order valence-electron chi connectivity index (χ4n) is 2.45. The van der Waals surface area contributed by atoms with Crippen LogP contribution in [0.3, 0.4) is 0 Å². The van der Waals surface area contributed by atoms with Gasteiger partial charge in [0.15, 0.2) is 0 Å². The van der Waals surface area contributed by atoms with Gasteiger partial charge in [0.05, 0.1) is 11.7 Å². The average molecular weight is 285 g/mol. The van der Waals surface area contributed by atoms with E-state index < -0.39 is 11.8 Å². The lowest BCUT2D eigenvalue weighted by molar-refractivity contribution is 0.248. The molecule has 0 saturated heterocycles. The van der Waals surface area contributed by atoms with Crippen molar-refractivity contribution in [3.8, 4) is 0 Å². The molecule has 21 heavy (non-hydrogen) atoms. The number of fused-ring (bicyclic) bond motifs is 1. The van der Waals surface area contributed by atoms with Crippen LogP contribution in [-0.2, 0) is 6.42 Å². The Kier molecular flexibility index (Phi) is 3.73. The molecule has 108 valence electrons. The predicted molar refractivity (Wildman–Crippen MR) is 81.0 cm³/mol. The standard InChI is InChI=1S/C16H16FN3O/c17-13-6-2-4-8-15(13)20-16(21)19-12-9-11-5-1-3-7-14(11)18-10-12/h1-8,12,18H,9-10H2,(H2,19,20,21). The van der Waals surface area contributed by atoms with Crippen molar-refractivity contribution < 1.29 is 9.18 Å². The minimum Gasteiger partial charge on any atom is -0.383 e. The zero-order valence-electron chi connectivity index (χ0n) is 11.4. The Labute approximate surface area is 122 Å². The highest BCUT2D eigenvalue weighted by Gasteiger charge is 2.19. The van der Waals surface area contributed by atoms with Gasteiger partial charge in [0.2, 0.25) is 0 Å². The summed E-state index contributed by atoms with van der Waals surface area (Å²) in [6.07, 6.45) is 0.758. The molecule has 1 aliphatic rings. The normalized spacial score (nSPS) is 16.5. The summed E-state index contributed by atoms with van der Waals surface area (Å²) < 4.78 is 13.5. The van der Waals surface area contributed by atoms with Crippen molar-refractivity contribution in [2.45, 2.75) is 12.5 Å². The Hall–Kier alpha value is -2.56. The topological polar surface area (TPSA) is 53.2 Å². The lowest BCUT2D eigenvalue weighted by Crippen LogP contribution is -2.45. The summed E-state index contributed by atoms with van der Waals surface area (Å²) in [7, 11) is 0. The quantitative estimate of drug-likeness (QED) is 0.794. The number of nitrogens with one attached hydrogen (secondary N) is 3. The van der Waals surface area contributed by atoms with Crippen molar-refractivity contribution in [2.24, 2.45) is 0 Å².